The largest absolute Gasteiger partial charge is 0.468 e. The molecule has 6 heteroatoms. The molecule has 1 aliphatic rings. The van der Waals surface area contributed by atoms with Gasteiger partial charge in [-0.25, -0.2) is 4.79 Å². The van der Waals surface area contributed by atoms with Gasteiger partial charge in [-0.05, 0) is 29.8 Å². The molecule has 0 N–H and O–H groups in total. The average Bonchev–Trinajstić information content (AvgIpc) is 3.46. The molecule has 1 aliphatic carbocycles. The molecule has 0 unspecified atom stereocenters. The molecule has 0 amide bonds. The van der Waals surface area contributed by atoms with Crippen molar-refractivity contribution >= 4 is 23.5 Å². The van der Waals surface area contributed by atoms with Crippen LogP contribution in [0.1, 0.15) is 21.5 Å². The molecule has 0 saturated heterocycles. The molecule has 0 aliphatic heterocycles. The fourth-order valence-corrected chi connectivity index (χ4v) is 3.14. The van der Waals surface area contributed by atoms with E-state index in [1.54, 1.807) is 24.3 Å². The van der Waals surface area contributed by atoms with E-state index < -0.39 is 23.3 Å². The van der Waals surface area contributed by atoms with Gasteiger partial charge in [-0.15, -0.1) is 0 Å². The number of ether oxygens (including phenoxy) is 3. The molecular weight excluding hydrogens is 372 g/mol. The van der Waals surface area contributed by atoms with Crippen molar-refractivity contribution in [3.05, 3.63) is 76.9 Å². The summed E-state index contributed by atoms with van der Waals surface area (Å²) >= 11 is 0. The zero-order valence-electron chi connectivity index (χ0n) is 16.1. The summed E-state index contributed by atoms with van der Waals surface area (Å²) < 4.78 is 14.5. The van der Waals surface area contributed by atoms with Crippen molar-refractivity contribution in [2.75, 3.05) is 21.3 Å². The van der Waals surface area contributed by atoms with Crippen molar-refractivity contribution in [2.45, 2.75) is 0 Å². The van der Waals surface area contributed by atoms with Crippen LogP contribution >= 0.6 is 0 Å². The molecule has 0 saturated carbocycles. The first-order valence-electron chi connectivity index (χ1n) is 8.68. The van der Waals surface area contributed by atoms with Crippen LogP contribution in [-0.4, -0.2) is 39.2 Å². The lowest BCUT2D eigenvalue weighted by Gasteiger charge is -2.14. The van der Waals surface area contributed by atoms with Crippen LogP contribution in [0.3, 0.4) is 0 Å². The van der Waals surface area contributed by atoms with E-state index in [0.717, 1.165) is 5.56 Å². The molecule has 0 heterocycles. The van der Waals surface area contributed by atoms with E-state index >= 15 is 0 Å². The molecule has 0 radical (unpaired) electrons. The van der Waals surface area contributed by atoms with Crippen molar-refractivity contribution in [3.63, 3.8) is 0 Å². The number of esters is 3. The standard InChI is InChI=1S/C23H18O6/c1-27-20(24)17-12-10-16(11-13-17)19-18(14-9-15-7-5-4-6-8-15)23(19,21(25)28-2)22(26)29-3/h4-8,10-13H,1-3H3. The number of rotatable bonds is 4. The van der Waals surface area contributed by atoms with E-state index in [9.17, 15) is 14.4 Å². The molecule has 0 bridgehead atoms. The van der Waals surface area contributed by atoms with Crippen molar-refractivity contribution in [1.29, 1.82) is 0 Å². The van der Waals surface area contributed by atoms with Gasteiger partial charge in [0.2, 0.25) is 5.41 Å². The molecule has 0 fully saturated rings. The first kappa shape index (κ1) is 19.9. The Balaban J connectivity index is 2.10. The number of carbonyl (C=O) groups is 3. The minimum atomic E-state index is -1.71. The summed E-state index contributed by atoms with van der Waals surface area (Å²) in [6.07, 6.45) is 0. The van der Waals surface area contributed by atoms with E-state index in [1.165, 1.54) is 21.3 Å². The fourth-order valence-electron chi connectivity index (χ4n) is 3.14. The molecule has 2 aromatic rings. The number of methoxy groups -OCH3 is 3. The van der Waals surface area contributed by atoms with Crippen molar-refractivity contribution in [2.24, 2.45) is 5.41 Å². The highest BCUT2D eigenvalue weighted by Gasteiger charge is 2.67. The molecule has 0 aromatic heterocycles. The monoisotopic (exact) mass is 390 g/mol. The Bertz CT molecular complexity index is 1040. The SMILES string of the molecule is COC(=O)c1ccc(C2=C(C#Cc3ccccc3)C2(C(=O)OC)C(=O)OC)cc1. The van der Waals surface area contributed by atoms with Gasteiger partial charge in [-0.3, -0.25) is 9.59 Å². The Labute approximate surface area is 168 Å². The van der Waals surface area contributed by atoms with Gasteiger partial charge >= 0.3 is 17.9 Å². The number of benzene rings is 2. The predicted octanol–water partition coefficient (Wildman–Crippen LogP) is 2.62. The van der Waals surface area contributed by atoms with Crippen LogP contribution in [0, 0.1) is 17.3 Å². The van der Waals surface area contributed by atoms with Crippen molar-refractivity contribution in [3.8, 4) is 11.8 Å². The van der Waals surface area contributed by atoms with Crippen LogP contribution in [0.4, 0.5) is 0 Å². The second-order valence-electron chi connectivity index (χ2n) is 6.17. The third-order valence-corrected chi connectivity index (χ3v) is 4.62. The maximum absolute atomic E-state index is 12.6. The Morgan fingerprint density at radius 1 is 0.759 bits per heavy atom. The maximum Gasteiger partial charge on any atom is 0.337 e. The molecular formula is C23H18O6. The average molecular weight is 390 g/mol. The molecule has 3 rings (SSSR count). The van der Waals surface area contributed by atoms with Crippen LogP contribution in [0.15, 0.2) is 60.2 Å². The van der Waals surface area contributed by atoms with Crippen molar-refractivity contribution < 1.29 is 28.6 Å². The van der Waals surface area contributed by atoms with E-state index in [2.05, 4.69) is 11.8 Å². The highest BCUT2D eigenvalue weighted by Crippen LogP contribution is 2.59. The van der Waals surface area contributed by atoms with Gasteiger partial charge in [0.1, 0.15) is 0 Å². The van der Waals surface area contributed by atoms with E-state index in [1.807, 2.05) is 30.3 Å². The summed E-state index contributed by atoms with van der Waals surface area (Å²) in [4.78, 5) is 36.9. The zero-order chi connectivity index (χ0) is 21.0. The van der Waals surface area contributed by atoms with Gasteiger partial charge in [0.15, 0.2) is 0 Å². The molecule has 29 heavy (non-hydrogen) atoms. The second kappa shape index (κ2) is 8.03. The normalized spacial score (nSPS) is 13.6. The molecule has 0 spiro atoms. The lowest BCUT2D eigenvalue weighted by Crippen LogP contribution is -2.32. The van der Waals surface area contributed by atoms with Crippen LogP contribution in [0.2, 0.25) is 0 Å². The highest BCUT2D eigenvalue weighted by atomic mass is 16.5. The maximum atomic E-state index is 12.6. The topological polar surface area (TPSA) is 78.9 Å². The Morgan fingerprint density at radius 3 is 1.86 bits per heavy atom. The fraction of sp³-hybridized carbons (Fsp3) is 0.174. The van der Waals surface area contributed by atoms with Crippen LogP contribution in [0.25, 0.3) is 5.57 Å². The molecule has 2 aromatic carbocycles. The molecule has 6 nitrogen and oxygen atoms in total. The van der Waals surface area contributed by atoms with Crippen LogP contribution in [-0.2, 0) is 23.8 Å². The van der Waals surface area contributed by atoms with Gasteiger partial charge in [0, 0.05) is 16.7 Å². The lowest BCUT2D eigenvalue weighted by molar-refractivity contribution is -0.159. The summed E-state index contributed by atoms with van der Waals surface area (Å²) in [6.45, 7) is 0. The summed E-state index contributed by atoms with van der Waals surface area (Å²) in [5.74, 6) is 3.86. The van der Waals surface area contributed by atoms with Gasteiger partial charge in [0.05, 0.1) is 26.9 Å². The molecule has 146 valence electrons. The first-order valence-corrected chi connectivity index (χ1v) is 8.68. The van der Waals surface area contributed by atoms with E-state index in [0.29, 0.717) is 22.3 Å². The van der Waals surface area contributed by atoms with Crippen molar-refractivity contribution in [1.82, 2.24) is 0 Å². The summed E-state index contributed by atoms with van der Waals surface area (Å²) in [5, 5.41) is 0. The Morgan fingerprint density at radius 2 is 1.34 bits per heavy atom. The summed E-state index contributed by atoms with van der Waals surface area (Å²) in [6, 6.07) is 15.5. The summed E-state index contributed by atoms with van der Waals surface area (Å²) in [7, 11) is 3.69. The number of hydrogen-bond acceptors (Lipinski definition) is 6. The Hall–Kier alpha value is -3.85. The van der Waals surface area contributed by atoms with Gasteiger partial charge in [0.25, 0.3) is 0 Å². The smallest absolute Gasteiger partial charge is 0.337 e. The highest BCUT2D eigenvalue weighted by molar-refractivity contribution is 6.27. The van der Waals surface area contributed by atoms with E-state index in [-0.39, 0.29) is 0 Å². The molecule has 0 atom stereocenters. The number of carbonyl (C=O) groups excluding carboxylic acids is 3. The van der Waals surface area contributed by atoms with Gasteiger partial charge in [-0.2, -0.15) is 0 Å². The van der Waals surface area contributed by atoms with Crippen LogP contribution in [0.5, 0.6) is 0 Å². The Kier molecular flexibility index (Phi) is 5.51. The van der Waals surface area contributed by atoms with E-state index in [4.69, 9.17) is 14.2 Å². The zero-order valence-corrected chi connectivity index (χ0v) is 16.1. The number of hydrogen-bond donors (Lipinski definition) is 0. The predicted molar refractivity (Wildman–Crippen MR) is 104 cm³/mol. The second-order valence-corrected chi connectivity index (χ2v) is 6.17. The van der Waals surface area contributed by atoms with Gasteiger partial charge in [-0.1, -0.05) is 42.2 Å². The minimum Gasteiger partial charge on any atom is -0.468 e. The summed E-state index contributed by atoms with van der Waals surface area (Å²) in [5.41, 5.74) is 0.637. The third-order valence-electron chi connectivity index (χ3n) is 4.62. The lowest BCUT2D eigenvalue weighted by atomic mass is 9.94. The quantitative estimate of drug-likeness (QED) is 0.346. The van der Waals surface area contributed by atoms with Crippen LogP contribution < -0.4 is 0 Å². The third kappa shape index (κ3) is 3.39. The van der Waals surface area contributed by atoms with Gasteiger partial charge < -0.3 is 14.2 Å². The minimum absolute atomic E-state index is 0.311. The first-order chi connectivity index (χ1) is 14.0.